The zero-order valence-electron chi connectivity index (χ0n) is 16.3. The minimum atomic E-state index is -0.617. The first-order chi connectivity index (χ1) is 14.1. The lowest BCUT2D eigenvalue weighted by molar-refractivity contribution is -0.138. The summed E-state index contributed by atoms with van der Waals surface area (Å²) in [6, 6.07) is 14.7. The molecule has 2 aromatic rings. The molecular formula is C22H21NO5S. The van der Waals surface area contributed by atoms with Crippen LogP contribution in [0.25, 0.3) is 6.08 Å². The van der Waals surface area contributed by atoms with Crippen molar-refractivity contribution in [2.45, 2.75) is 6.92 Å². The average Bonchev–Trinajstić information content (AvgIpc) is 3.03. The number of ether oxygens (including phenoxy) is 3. The predicted octanol–water partition coefficient (Wildman–Crippen LogP) is 4.90. The van der Waals surface area contributed by atoms with Crippen LogP contribution in [-0.2, 0) is 9.53 Å². The van der Waals surface area contributed by atoms with Crippen LogP contribution in [0.4, 0.5) is 5.69 Å². The Bertz CT molecular complexity index is 996. The molecule has 0 aromatic heterocycles. The summed E-state index contributed by atoms with van der Waals surface area (Å²) in [5.41, 5.74) is 1.51. The third-order valence-electron chi connectivity index (χ3n) is 4.07. The second-order valence-electron chi connectivity index (χ2n) is 5.92. The van der Waals surface area contributed by atoms with Crippen molar-refractivity contribution in [1.82, 2.24) is 0 Å². The van der Waals surface area contributed by atoms with Gasteiger partial charge in [0.1, 0.15) is 16.4 Å². The van der Waals surface area contributed by atoms with E-state index in [1.54, 1.807) is 38.3 Å². The number of esters is 1. The van der Waals surface area contributed by atoms with E-state index in [4.69, 9.17) is 14.2 Å². The third kappa shape index (κ3) is 4.63. The zero-order valence-corrected chi connectivity index (χ0v) is 17.2. The van der Waals surface area contributed by atoms with E-state index >= 15 is 0 Å². The average molecular weight is 411 g/mol. The highest BCUT2D eigenvalue weighted by atomic mass is 32.2. The number of benzene rings is 2. The number of aliphatic hydroxyl groups excluding tert-OH is 1. The van der Waals surface area contributed by atoms with E-state index < -0.39 is 5.97 Å². The van der Waals surface area contributed by atoms with Gasteiger partial charge in [-0.25, -0.2) is 9.79 Å². The van der Waals surface area contributed by atoms with Crippen molar-refractivity contribution in [2.24, 2.45) is 4.99 Å². The van der Waals surface area contributed by atoms with Gasteiger partial charge in [0.05, 0.1) is 31.4 Å². The Morgan fingerprint density at radius 3 is 2.48 bits per heavy atom. The Morgan fingerprint density at radius 1 is 1.10 bits per heavy atom. The number of carbonyl (C=O) groups is 1. The number of hydrogen-bond acceptors (Lipinski definition) is 7. The van der Waals surface area contributed by atoms with E-state index in [1.165, 1.54) is 18.9 Å². The predicted molar refractivity (Wildman–Crippen MR) is 115 cm³/mol. The van der Waals surface area contributed by atoms with Gasteiger partial charge < -0.3 is 19.3 Å². The third-order valence-corrected chi connectivity index (χ3v) is 5.09. The highest BCUT2D eigenvalue weighted by molar-refractivity contribution is 8.18. The van der Waals surface area contributed by atoms with Crippen molar-refractivity contribution >= 4 is 34.5 Å². The van der Waals surface area contributed by atoms with Gasteiger partial charge in [0.25, 0.3) is 0 Å². The highest BCUT2D eigenvalue weighted by Gasteiger charge is 2.33. The van der Waals surface area contributed by atoms with Crippen molar-refractivity contribution in [2.75, 3.05) is 20.8 Å². The summed E-state index contributed by atoms with van der Waals surface area (Å²) >= 11 is 1.21. The largest absolute Gasteiger partial charge is 0.506 e. The fourth-order valence-electron chi connectivity index (χ4n) is 2.70. The Kier molecular flexibility index (Phi) is 6.61. The van der Waals surface area contributed by atoms with Crippen LogP contribution in [0.2, 0.25) is 0 Å². The zero-order chi connectivity index (χ0) is 20.8. The van der Waals surface area contributed by atoms with Crippen LogP contribution >= 0.6 is 11.8 Å². The monoisotopic (exact) mass is 411 g/mol. The molecule has 0 saturated carbocycles. The molecule has 1 aliphatic heterocycles. The summed E-state index contributed by atoms with van der Waals surface area (Å²) in [4.78, 5) is 17.6. The number of methoxy groups -OCH3 is 2. The number of aliphatic hydroxyl groups is 1. The first-order valence-corrected chi connectivity index (χ1v) is 9.75. The highest BCUT2D eigenvalue weighted by Crippen LogP contribution is 2.41. The van der Waals surface area contributed by atoms with Gasteiger partial charge in [-0.05, 0) is 30.7 Å². The Labute approximate surface area is 173 Å². The number of hydrogen-bond donors (Lipinski definition) is 1. The lowest BCUT2D eigenvalue weighted by Crippen LogP contribution is -2.12. The number of rotatable bonds is 6. The van der Waals surface area contributed by atoms with Gasteiger partial charge >= 0.3 is 5.97 Å². The van der Waals surface area contributed by atoms with E-state index in [2.05, 4.69) is 4.99 Å². The molecule has 6 nitrogen and oxygen atoms in total. The van der Waals surface area contributed by atoms with Crippen molar-refractivity contribution in [1.29, 1.82) is 0 Å². The molecule has 29 heavy (non-hydrogen) atoms. The number of carbonyl (C=O) groups excluding carboxylic acids is 1. The van der Waals surface area contributed by atoms with Gasteiger partial charge in [0.2, 0.25) is 0 Å². The molecule has 150 valence electrons. The summed E-state index contributed by atoms with van der Waals surface area (Å²) in [5, 5.41) is 11.1. The number of nitrogens with zero attached hydrogens (tertiary/aromatic N) is 1. The molecule has 0 fully saturated rings. The van der Waals surface area contributed by atoms with E-state index in [9.17, 15) is 9.90 Å². The van der Waals surface area contributed by atoms with Crippen LogP contribution in [0.3, 0.4) is 0 Å². The minimum Gasteiger partial charge on any atom is -0.506 e. The summed E-state index contributed by atoms with van der Waals surface area (Å²) in [6.45, 7) is 1.91. The van der Waals surface area contributed by atoms with Gasteiger partial charge in [-0.15, -0.1) is 0 Å². The first kappa shape index (κ1) is 20.5. The fourth-order valence-corrected chi connectivity index (χ4v) is 3.74. The summed E-state index contributed by atoms with van der Waals surface area (Å²) in [6.07, 6.45) is 1.80. The molecule has 0 radical (unpaired) electrons. The van der Waals surface area contributed by atoms with Crippen molar-refractivity contribution < 1.29 is 24.1 Å². The van der Waals surface area contributed by atoms with Crippen LogP contribution < -0.4 is 9.47 Å². The van der Waals surface area contributed by atoms with Gasteiger partial charge in [-0.2, -0.15) is 0 Å². The molecule has 0 aliphatic carbocycles. The molecule has 7 heteroatoms. The second kappa shape index (κ2) is 9.34. The van der Waals surface area contributed by atoms with Crippen LogP contribution in [0.1, 0.15) is 12.5 Å². The molecule has 0 spiro atoms. The lowest BCUT2D eigenvalue weighted by atomic mass is 10.1. The SMILES string of the molecule is CCOC(=O)C1=C(O)C(=Cc2ccccc2)SC1=Nc1ccc(OC)c(OC)c1. The summed E-state index contributed by atoms with van der Waals surface area (Å²) in [5.74, 6) is 0.331. The standard InChI is InChI=1S/C22H21NO5S/c1-4-28-22(25)19-20(24)18(12-14-8-6-5-7-9-14)29-21(19)23-15-10-11-16(26-2)17(13-15)27-3/h5-13,24H,4H2,1-3H3. The molecule has 3 rings (SSSR count). The maximum absolute atomic E-state index is 12.5. The van der Waals surface area contributed by atoms with Gasteiger partial charge in [-0.3, -0.25) is 0 Å². The Balaban J connectivity index is 2.04. The van der Waals surface area contributed by atoms with Crippen LogP contribution in [-0.4, -0.2) is 36.9 Å². The maximum Gasteiger partial charge on any atom is 0.344 e. The number of thioether (sulfide) groups is 1. The molecule has 1 heterocycles. The van der Waals surface area contributed by atoms with Crippen LogP contribution in [0.5, 0.6) is 11.5 Å². The van der Waals surface area contributed by atoms with E-state index in [-0.39, 0.29) is 17.9 Å². The minimum absolute atomic E-state index is 0.0498. The molecule has 0 unspecified atom stereocenters. The fraction of sp³-hybridized carbons (Fsp3) is 0.182. The molecule has 1 N–H and O–H groups in total. The molecular weight excluding hydrogens is 390 g/mol. The van der Waals surface area contributed by atoms with Crippen LogP contribution in [0, 0.1) is 0 Å². The quantitative estimate of drug-likeness (QED) is 0.682. The smallest absolute Gasteiger partial charge is 0.344 e. The summed E-state index contributed by atoms with van der Waals surface area (Å²) in [7, 11) is 3.09. The normalized spacial score (nSPS) is 16.4. The number of aliphatic imine (C=N–C) groups is 1. The Morgan fingerprint density at radius 2 is 1.83 bits per heavy atom. The molecule has 0 atom stereocenters. The van der Waals surface area contributed by atoms with Gasteiger partial charge in [0, 0.05) is 6.07 Å². The summed E-state index contributed by atoms with van der Waals surface area (Å²) < 4.78 is 15.7. The molecule has 2 aromatic carbocycles. The van der Waals surface area contributed by atoms with Gasteiger partial charge in [-0.1, -0.05) is 42.1 Å². The van der Waals surface area contributed by atoms with Crippen LogP contribution in [0.15, 0.2) is 69.8 Å². The van der Waals surface area contributed by atoms with E-state index in [1.807, 2.05) is 30.3 Å². The van der Waals surface area contributed by atoms with Crippen molar-refractivity contribution in [3.05, 3.63) is 70.3 Å². The second-order valence-corrected chi connectivity index (χ2v) is 6.95. The van der Waals surface area contributed by atoms with Crippen molar-refractivity contribution in [3.63, 3.8) is 0 Å². The topological polar surface area (TPSA) is 77.4 Å². The van der Waals surface area contributed by atoms with Gasteiger partial charge in [0.15, 0.2) is 11.5 Å². The first-order valence-electron chi connectivity index (χ1n) is 8.93. The molecule has 0 amide bonds. The van der Waals surface area contributed by atoms with E-state index in [0.717, 1.165) is 5.56 Å². The lowest BCUT2D eigenvalue weighted by Gasteiger charge is -2.08. The van der Waals surface area contributed by atoms with E-state index in [0.29, 0.717) is 27.1 Å². The van der Waals surface area contributed by atoms with Crippen molar-refractivity contribution in [3.8, 4) is 11.5 Å². The molecule has 0 bridgehead atoms. The molecule has 0 saturated heterocycles. The maximum atomic E-state index is 12.5. The Hall–Kier alpha value is -3.19. The molecule has 1 aliphatic rings.